The van der Waals surface area contributed by atoms with Crippen LogP contribution in [0.5, 0.6) is 23.0 Å². The van der Waals surface area contributed by atoms with Gasteiger partial charge in [0.2, 0.25) is 0 Å². The van der Waals surface area contributed by atoms with Gasteiger partial charge in [0.15, 0.2) is 11.5 Å². The maximum atomic E-state index is 12.3. The molecule has 0 aliphatic carbocycles. The number of cyclic esters (lactones) is 1. The third-order valence-electron chi connectivity index (χ3n) is 4.13. The number of carbonyl (C=O) groups is 1. The van der Waals surface area contributed by atoms with Crippen LogP contribution in [0.15, 0.2) is 48.0 Å². The molecule has 0 amide bonds. The minimum Gasteiger partial charge on any atom is -0.497 e. The van der Waals surface area contributed by atoms with E-state index in [-0.39, 0.29) is 0 Å². The van der Waals surface area contributed by atoms with Crippen LogP contribution in [0.2, 0.25) is 0 Å². The molecule has 0 aromatic heterocycles. The molecule has 0 saturated heterocycles. The minimum absolute atomic E-state index is 0.405. The lowest BCUT2D eigenvalue weighted by molar-refractivity contribution is -0.130. The maximum absolute atomic E-state index is 12.3. The zero-order chi connectivity index (χ0) is 19.4. The zero-order valence-corrected chi connectivity index (χ0v) is 15.6. The lowest BCUT2D eigenvalue weighted by atomic mass is 10.1. The first-order valence-corrected chi connectivity index (χ1v) is 8.19. The highest BCUT2D eigenvalue weighted by Crippen LogP contribution is 2.36. The Morgan fingerprint density at radius 2 is 1.52 bits per heavy atom. The summed E-state index contributed by atoms with van der Waals surface area (Å²) >= 11 is 0. The lowest BCUT2D eigenvalue weighted by Gasteiger charge is -2.10. The van der Waals surface area contributed by atoms with Gasteiger partial charge >= 0.3 is 5.97 Å². The van der Waals surface area contributed by atoms with E-state index in [0.717, 1.165) is 5.56 Å². The van der Waals surface area contributed by atoms with Crippen LogP contribution in [0.3, 0.4) is 0 Å². The number of ether oxygens (including phenoxy) is 5. The third-order valence-corrected chi connectivity index (χ3v) is 4.13. The van der Waals surface area contributed by atoms with Crippen LogP contribution in [0.1, 0.15) is 11.1 Å². The van der Waals surface area contributed by atoms with E-state index in [0.29, 0.717) is 39.9 Å². The molecule has 0 saturated carbocycles. The number of hydrogen-bond donors (Lipinski definition) is 0. The summed E-state index contributed by atoms with van der Waals surface area (Å²) in [6.45, 7) is 0. The van der Waals surface area contributed by atoms with Gasteiger partial charge in [-0.15, -0.1) is 0 Å². The number of esters is 1. The van der Waals surface area contributed by atoms with E-state index in [1.165, 1.54) is 0 Å². The van der Waals surface area contributed by atoms with Crippen LogP contribution >= 0.6 is 0 Å². The second-order valence-corrected chi connectivity index (χ2v) is 5.68. The van der Waals surface area contributed by atoms with E-state index in [4.69, 9.17) is 23.7 Å². The highest BCUT2D eigenvalue weighted by Gasteiger charge is 2.24. The molecule has 1 aliphatic heterocycles. The van der Waals surface area contributed by atoms with Crippen molar-refractivity contribution in [1.82, 2.24) is 0 Å². The Morgan fingerprint density at radius 1 is 0.815 bits per heavy atom. The predicted molar refractivity (Wildman–Crippen MR) is 101 cm³/mol. The van der Waals surface area contributed by atoms with Gasteiger partial charge in [-0.25, -0.2) is 4.79 Å². The Kier molecular flexibility index (Phi) is 5.35. The van der Waals surface area contributed by atoms with E-state index >= 15 is 0 Å². The molecular formula is C21H20O6. The van der Waals surface area contributed by atoms with Gasteiger partial charge in [0.1, 0.15) is 17.3 Å². The molecule has 2 aromatic rings. The summed E-state index contributed by atoms with van der Waals surface area (Å²) in [5.74, 6) is 2.39. The van der Waals surface area contributed by atoms with Gasteiger partial charge in [-0.3, -0.25) is 0 Å². The fourth-order valence-electron chi connectivity index (χ4n) is 2.75. The summed E-state index contributed by atoms with van der Waals surface area (Å²) in [4.78, 5) is 12.3. The van der Waals surface area contributed by atoms with Crippen molar-refractivity contribution in [2.75, 3.05) is 28.4 Å². The van der Waals surface area contributed by atoms with E-state index in [1.54, 1.807) is 70.9 Å². The van der Waals surface area contributed by atoms with E-state index < -0.39 is 5.97 Å². The van der Waals surface area contributed by atoms with E-state index in [1.807, 2.05) is 6.07 Å². The molecule has 0 fully saturated rings. The molecule has 0 atom stereocenters. The first-order chi connectivity index (χ1) is 13.1. The minimum atomic E-state index is -0.440. The molecule has 0 radical (unpaired) electrons. The van der Waals surface area contributed by atoms with Crippen LogP contribution in [0.4, 0.5) is 0 Å². The summed E-state index contributed by atoms with van der Waals surface area (Å²) < 4.78 is 26.6. The molecular weight excluding hydrogens is 348 g/mol. The monoisotopic (exact) mass is 368 g/mol. The number of benzene rings is 2. The first kappa shape index (κ1) is 18.4. The van der Waals surface area contributed by atoms with Crippen molar-refractivity contribution in [2.45, 2.75) is 0 Å². The van der Waals surface area contributed by atoms with E-state index in [2.05, 4.69) is 0 Å². The highest BCUT2D eigenvalue weighted by molar-refractivity contribution is 6.05. The molecule has 1 heterocycles. The van der Waals surface area contributed by atoms with Gasteiger partial charge < -0.3 is 23.7 Å². The van der Waals surface area contributed by atoms with Crippen LogP contribution in [0.25, 0.3) is 11.8 Å². The van der Waals surface area contributed by atoms with Gasteiger partial charge in [0, 0.05) is 0 Å². The largest absolute Gasteiger partial charge is 0.497 e. The summed E-state index contributed by atoms with van der Waals surface area (Å²) in [6.07, 6.45) is 3.40. The van der Waals surface area contributed by atoms with Gasteiger partial charge in [-0.05, 0) is 48.0 Å². The molecule has 1 aliphatic rings. The molecule has 3 rings (SSSR count). The van der Waals surface area contributed by atoms with Crippen molar-refractivity contribution in [3.05, 3.63) is 59.2 Å². The molecule has 0 N–H and O–H groups in total. The molecule has 2 aromatic carbocycles. The fraction of sp³-hybridized carbons (Fsp3) is 0.190. The molecule has 0 unspecified atom stereocenters. The van der Waals surface area contributed by atoms with Crippen LogP contribution in [-0.4, -0.2) is 34.4 Å². The van der Waals surface area contributed by atoms with Crippen molar-refractivity contribution in [3.63, 3.8) is 0 Å². The lowest BCUT2D eigenvalue weighted by Crippen LogP contribution is -1.99. The average molecular weight is 368 g/mol. The molecule has 6 heteroatoms. The number of carbonyl (C=O) groups excluding carboxylic acids is 1. The summed E-state index contributed by atoms with van der Waals surface area (Å²) in [6, 6.07) is 10.7. The van der Waals surface area contributed by atoms with Gasteiger partial charge in [-0.2, -0.15) is 0 Å². The molecule has 0 spiro atoms. The molecule has 0 bridgehead atoms. The number of methoxy groups -OCH3 is 4. The quantitative estimate of drug-likeness (QED) is 0.572. The topological polar surface area (TPSA) is 63.2 Å². The van der Waals surface area contributed by atoms with Crippen molar-refractivity contribution >= 4 is 17.8 Å². The van der Waals surface area contributed by atoms with Crippen LogP contribution in [-0.2, 0) is 9.53 Å². The average Bonchev–Trinajstić information content (AvgIpc) is 3.07. The Balaban J connectivity index is 1.98. The summed E-state index contributed by atoms with van der Waals surface area (Å²) in [5, 5.41) is 0. The van der Waals surface area contributed by atoms with Gasteiger partial charge in [-0.1, -0.05) is 6.07 Å². The highest BCUT2D eigenvalue weighted by atomic mass is 16.5. The SMILES string of the molecule is COc1ccc(OC)c(C2=C/C(=C\c3ccc(OC)c(OC)c3)C(=O)O2)c1. The van der Waals surface area contributed by atoms with Crippen molar-refractivity contribution in [3.8, 4) is 23.0 Å². The predicted octanol–water partition coefficient (Wildman–Crippen LogP) is 3.70. The van der Waals surface area contributed by atoms with Crippen LogP contribution in [0, 0.1) is 0 Å². The Labute approximate surface area is 157 Å². The smallest absolute Gasteiger partial charge is 0.343 e. The van der Waals surface area contributed by atoms with Crippen molar-refractivity contribution in [1.29, 1.82) is 0 Å². The van der Waals surface area contributed by atoms with Crippen molar-refractivity contribution in [2.24, 2.45) is 0 Å². The maximum Gasteiger partial charge on any atom is 0.343 e. The normalized spacial score (nSPS) is 14.6. The number of rotatable bonds is 6. The molecule has 140 valence electrons. The fourth-order valence-corrected chi connectivity index (χ4v) is 2.75. The number of hydrogen-bond acceptors (Lipinski definition) is 6. The Morgan fingerprint density at radius 3 is 2.19 bits per heavy atom. The first-order valence-electron chi connectivity index (χ1n) is 8.19. The zero-order valence-electron chi connectivity index (χ0n) is 15.6. The standard InChI is InChI=1S/C21H20O6/c1-23-15-6-8-17(24-2)16(12-15)19-11-14(21(22)27-19)9-13-5-7-18(25-3)20(10-13)26-4/h5-12H,1-4H3/b14-9+. The summed E-state index contributed by atoms with van der Waals surface area (Å²) in [7, 11) is 6.26. The molecule has 27 heavy (non-hydrogen) atoms. The third kappa shape index (κ3) is 3.74. The Bertz CT molecular complexity index is 926. The van der Waals surface area contributed by atoms with Crippen molar-refractivity contribution < 1.29 is 28.5 Å². The second-order valence-electron chi connectivity index (χ2n) is 5.68. The van der Waals surface area contributed by atoms with E-state index in [9.17, 15) is 4.79 Å². The van der Waals surface area contributed by atoms with Crippen LogP contribution < -0.4 is 18.9 Å². The summed E-state index contributed by atoms with van der Waals surface area (Å²) in [5.41, 5.74) is 1.85. The molecule has 6 nitrogen and oxygen atoms in total. The second kappa shape index (κ2) is 7.86. The Hall–Kier alpha value is -3.41. The van der Waals surface area contributed by atoms with Gasteiger partial charge in [0.05, 0.1) is 39.6 Å². The van der Waals surface area contributed by atoms with Gasteiger partial charge in [0.25, 0.3) is 0 Å².